The van der Waals surface area contributed by atoms with E-state index < -0.39 is 6.10 Å². The molecule has 3 rings (SSSR count). The molecule has 0 saturated carbocycles. The Morgan fingerprint density at radius 2 is 1.96 bits per heavy atom. The molecule has 0 fully saturated rings. The summed E-state index contributed by atoms with van der Waals surface area (Å²) in [6, 6.07) is 17.3. The summed E-state index contributed by atoms with van der Waals surface area (Å²) in [5.74, 6) is 0.558. The fourth-order valence-electron chi connectivity index (χ4n) is 2.46. The molecular formula is C18H18N2O3. The number of carbonyl (C=O) groups is 1. The third-order valence-electron chi connectivity index (χ3n) is 3.69. The fraction of sp³-hybridized carbons (Fsp3) is 0.222. The molecule has 0 aliphatic carbocycles. The number of oxime groups is 1. The molecule has 1 amide bonds. The van der Waals surface area contributed by atoms with Gasteiger partial charge < -0.3 is 14.9 Å². The third-order valence-corrected chi connectivity index (χ3v) is 3.69. The summed E-state index contributed by atoms with van der Waals surface area (Å²) in [5.41, 5.74) is 2.63. The van der Waals surface area contributed by atoms with Crippen LogP contribution in [0.2, 0.25) is 0 Å². The van der Waals surface area contributed by atoms with Crippen LogP contribution in [-0.4, -0.2) is 24.8 Å². The van der Waals surface area contributed by atoms with Crippen molar-refractivity contribution in [3.8, 4) is 5.75 Å². The molecule has 1 N–H and O–H groups in total. The smallest absolute Gasteiger partial charge is 0.264 e. The van der Waals surface area contributed by atoms with Crippen LogP contribution in [0.3, 0.4) is 0 Å². The Kier molecular flexibility index (Phi) is 4.57. The van der Waals surface area contributed by atoms with Gasteiger partial charge in [-0.25, -0.2) is 0 Å². The van der Waals surface area contributed by atoms with Crippen molar-refractivity contribution in [3.63, 3.8) is 0 Å². The number of ether oxygens (including phenoxy) is 1. The highest BCUT2D eigenvalue weighted by atomic mass is 16.6. The fourth-order valence-corrected chi connectivity index (χ4v) is 2.46. The first-order chi connectivity index (χ1) is 11.3. The first-order valence-corrected chi connectivity index (χ1v) is 7.45. The Bertz CT molecular complexity index is 713. The van der Waals surface area contributed by atoms with E-state index in [9.17, 15) is 4.79 Å². The van der Waals surface area contributed by atoms with Crippen molar-refractivity contribution in [2.24, 2.45) is 5.16 Å². The quantitative estimate of drug-likeness (QED) is 0.923. The van der Waals surface area contributed by atoms with Crippen molar-refractivity contribution >= 4 is 11.6 Å². The highest BCUT2D eigenvalue weighted by Gasteiger charge is 2.29. The second-order valence-electron chi connectivity index (χ2n) is 5.24. The first kappa shape index (κ1) is 15.1. The summed E-state index contributed by atoms with van der Waals surface area (Å²) in [5, 5.41) is 6.92. The third kappa shape index (κ3) is 3.51. The number of carbonyl (C=O) groups excluding carboxylic acids is 1. The summed E-state index contributed by atoms with van der Waals surface area (Å²) in [4.78, 5) is 17.5. The van der Waals surface area contributed by atoms with Crippen molar-refractivity contribution in [3.05, 3.63) is 65.7 Å². The Morgan fingerprint density at radius 3 is 2.74 bits per heavy atom. The molecule has 0 spiro atoms. The standard InChI is InChI=1S/C18H18N2O3/c1-22-16-10-6-5-9-14(16)15-11-17(23-20-15)18(21)19-12-13-7-3-2-4-8-13/h2-10,17H,11-12H2,1H3,(H,19,21)/t17-/m0/s1. The van der Waals surface area contributed by atoms with E-state index in [1.807, 2.05) is 54.6 Å². The Balaban J connectivity index is 1.59. The molecule has 1 heterocycles. The van der Waals surface area contributed by atoms with Gasteiger partial charge in [-0.15, -0.1) is 0 Å². The minimum Gasteiger partial charge on any atom is -0.496 e. The van der Waals surface area contributed by atoms with Gasteiger partial charge in [-0.2, -0.15) is 0 Å². The largest absolute Gasteiger partial charge is 0.496 e. The lowest BCUT2D eigenvalue weighted by Crippen LogP contribution is -2.34. The molecule has 5 nitrogen and oxygen atoms in total. The van der Waals surface area contributed by atoms with Crippen molar-refractivity contribution in [2.45, 2.75) is 19.1 Å². The molecule has 23 heavy (non-hydrogen) atoms. The molecule has 0 unspecified atom stereocenters. The zero-order chi connectivity index (χ0) is 16.1. The number of hydrogen-bond donors (Lipinski definition) is 1. The molecule has 0 radical (unpaired) electrons. The number of rotatable bonds is 5. The summed E-state index contributed by atoms with van der Waals surface area (Å²) in [7, 11) is 1.61. The highest BCUT2D eigenvalue weighted by Crippen LogP contribution is 2.24. The molecule has 1 atom stereocenters. The molecule has 0 bridgehead atoms. The monoisotopic (exact) mass is 310 g/mol. The van der Waals surface area contributed by atoms with Gasteiger partial charge in [-0.1, -0.05) is 47.6 Å². The van der Waals surface area contributed by atoms with E-state index in [1.165, 1.54) is 0 Å². The van der Waals surface area contributed by atoms with Gasteiger partial charge in [0.1, 0.15) is 5.75 Å². The summed E-state index contributed by atoms with van der Waals surface area (Å²) >= 11 is 0. The van der Waals surface area contributed by atoms with Crippen LogP contribution in [0.25, 0.3) is 0 Å². The molecule has 1 aliphatic heterocycles. The molecular weight excluding hydrogens is 292 g/mol. The van der Waals surface area contributed by atoms with E-state index in [2.05, 4.69) is 10.5 Å². The highest BCUT2D eigenvalue weighted by molar-refractivity contribution is 6.05. The number of para-hydroxylation sites is 1. The first-order valence-electron chi connectivity index (χ1n) is 7.45. The molecule has 2 aromatic carbocycles. The summed E-state index contributed by atoms with van der Waals surface area (Å²) in [6.07, 6.45) is -0.167. The summed E-state index contributed by atoms with van der Waals surface area (Å²) < 4.78 is 5.32. The van der Waals surface area contributed by atoms with Gasteiger partial charge >= 0.3 is 0 Å². The predicted octanol–water partition coefficient (Wildman–Crippen LogP) is 2.50. The van der Waals surface area contributed by atoms with E-state index in [0.29, 0.717) is 13.0 Å². The second-order valence-corrected chi connectivity index (χ2v) is 5.24. The van der Waals surface area contributed by atoms with Crippen molar-refractivity contribution in [1.29, 1.82) is 0 Å². The van der Waals surface area contributed by atoms with Gasteiger partial charge in [0.2, 0.25) is 6.10 Å². The Hall–Kier alpha value is -2.82. The number of nitrogens with one attached hydrogen (secondary N) is 1. The molecule has 0 aromatic heterocycles. The van der Waals surface area contributed by atoms with E-state index in [1.54, 1.807) is 7.11 Å². The number of amides is 1. The lowest BCUT2D eigenvalue weighted by molar-refractivity contribution is -0.131. The molecule has 0 saturated heterocycles. The maximum absolute atomic E-state index is 12.2. The van der Waals surface area contributed by atoms with Crippen LogP contribution >= 0.6 is 0 Å². The van der Waals surface area contributed by atoms with E-state index >= 15 is 0 Å². The van der Waals surface area contributed by atoms with E-state index in [0.717, 1.165) is 22.6 Å². The molecule has 2 aromatic rings. The average Bonchev–Trinajstić information content (AvgIpc) is 3.10. The molecule has 1 aliphatic rings. The van der Waals surface area contributed by atoms with Crippen molar-refractivity contribution in [1.82, 2.24) is 5.32 Å². The minimum atomic E-state index is -0.598. The predicted molar refractivity (Wildman–Crippen MR) is 87.3 cm³/mol. The van der Waals surface area contributed by atoms with E-state index in [4.69, 9.17) is 9.57 Å². The summed E-state index contributed by atoms with van der Waals surface area (Å²) in [6.45, 7) is 0.476. The minimum absolute atomic E-state index is 0.164. The van der Waals surface area contributed by atoms with Crippen LogP contribution in [0, 0.1) is 0 Å². The van der Waals surface area contributed by atoms with E-state index in [-0.39, 0.29) is 5.91 Å². The topological polar surface area (TPSA) is 59.9 Å². The zero-order valence-electron chi connectivity index (χ0n) is 12.9. The van der Waals surface area contributed by atoms with Gasteiger partial charge in [0.15, 0.2) is 0 Å². The number of methoxy groups -OCH3 is 1. The van der Waals surface area contributed by atoms with Crippen molar-refractivity contribution in [2.75, 3.05) is 7.11 Å². The maximum atomic E-state index is 12.2. The lowest BCUT2D eigenvalue weighted by Gasteiger charge is -2.10. The van der Waals surface area contributed by atoms with Crippen LogP contribution < -0.4 is 10.1 Å². The number of nitrogens with zero attached hydrogens (tertiary/aromatic N) is 1. The number of hydrogen-bond acceptors (Lipinski definition) is 4. The number of benzene rings is 2. The van der Waals surface area contributed by atoms with Gasteiger partial charge in [0.25, 0.3) is 5.91 Å². The average molecular weight is 310 g/mol. The molecule has 5 heteroatoms. The van der Waals surface area contributed by atoms with Crippen LogP contribution in [0.5, 0.6) is 5.75 Å². The van der Waals surface area contributed by atoms with Crippen LogP contribution in [0.1, 0.15) is 17.5 Å². The maximum Gasteiger partial charge on any atom is 0.264 e. The van der Waals surface area contributed by atoms with Crippen LogP contribution in [0.15, 0.2) is 59.8 Å². The Morgan fingerprint density at radius 1 is 1.22 bits per heavy atom. The van der Waals surface area contributed by atoms with Crippen molar-refractivity contribution < 1.29 is 14.4 Å². The van der Waals surface area contributed by atoms with Crippen LogP contribution in [0.4, 0.5) is 0 Å². The van der Waals surface area contributed by atoms with Gasteiger partial charge in [-0.05, 0) is 17.7 Å². The lowest BCUT2D eigenvalue weighted by atomic mass is 10.0. The second kappa shape index (κ2) is 6.96. The SMILES string of the molecule is COc1ccccc1C1=NO[C@H](C(=O)NCc2ccccc2)C1. The van der Waals surface area contributed by atoms with Gasteiger partial charge in [-0.3, -0.25) is 4.79 Å². The Labute approximate surface area is 134 Å². The zero-order valence-corrected chi connectivity index (χ0v) is 12.9. The molecule has 118 valence electrons. The van der Waals surface area contributed by atoms with Gasteiger partial charge in [0, 0.05) is 18.5 Å². The normalized spacial score (nSPS) is 16.4. The van der Waals surface area contributed by atoms with Crippen LogP contribution in [-0.2, 0) is 16.2 Å². The van der Waals surface area contributed by atoms with Gasteiger partial charge in [0.05, 0.1) is 12.8 Å².